The molecule has 0 atom stereocenters. The lowest BCUT2D eigenvalue weighted by atomic mass is 10.3. The Balaban J connectivity index is 4.19. The summed E-state index contributed by atoms with van der Waals surface area (Å²) in [6, 6.07) is 0. The highest BCUT2D eigenvalue weighted by Crippen LogP contribution is 1.95. The summed E-state index contributed by atoms with van der Waals surface area (Å²) in [5.74, 6) is -0.714. The van der Waals surface area contributed by atoms with Crippen LogP contribution >= 0.6 is 12.2 Å². The number of likely N-dealkylation sites (N-methyl/N-ethyl adjacent to an activating group) is 1. The van der Waals surface area contributed by atoms with E-state index in [9.17, 15) is 9.59 Å². The smallest absolute Gasteiger partial charge is 0.325 e. The van der Waals surface area contributed by atoms with E-state index in [1.54, 1.807) is 6.92 Å². The molecule has 0 saturated carbocycles. The largest absolute Gasteiger partial charge is 0.468 e. The van der Waals surface area contributed by atoms with Crippen molar-refractivity contribution in [3.63, 3.8) is 0 Å². The zero-order chi connectivity index (χ0) is 11.1. The molecule has 5 nitrogen and oxygen atoms in total. The molecule has 0 bridgehead atoms. The van der Waals surface area contributed by atoms with E-state index in [4.69, 9.17) is 5.73 Å². The first-order valence-corrected chi connectivity index (χ1v) is 4.55. The van der Waals surface area contributed by atoms with Crippen molar-refractivity contribution < 1.29 is 14.3 Å². The Morgan fingerprint density at radius 1 is 1.50 bits per heavy atom. The van der Waals surface area contributed by atoms with Gasteiger partial charge in [0.2, 0.25) is 5.91 Å². The quantitative estimate of drug-likeness (QED) is 0.506. The molecule has 2 N–H and O–H groups in total. The van der Waals surface area contributed by atoms with Crippen molar-refractivity contribution in [2.75, 3.05) is 20.2 Å². The van der Waals surface area contributed by atoms with Gasteiger partial charge in [-0.25, -0.2) is 0 Å². The van der Waals surface area contributed by atoms with E-state index in [2.05, 4.69) is 17.0 Å². The van der Waals surface area contributed by atoms with Crippen LogP contribution in [-0.2, 0) is 14.3 Å². The first kappa shape index (κ1) is 12.8. The van der Waals surface area contributed by atoms with Gasteiger partial charge in [-0.1, -0.05) is 12.2 Å². The van der Waals surface area contributed by atoms with Crippen LogP contribution in [0.4, 0.5) is 0 Å². The fourth-order valence-corrected chi connectivity index (χ4v) is 0.981. The average Bonchev–Trinajstić information content (AvgIpc) is 2.12. The second kappa shape index (κ2) is 6.31. The minimum absolute atomic E-state index is 0.0137. The van der Waals surface area contributed by atoms with Crippen molar-refractivity contribution in [1.29, 1.82) is 0 Å². The van der Waals surface area contributed by atoms with Crippen LogP contribution in [0.15, 0.2) is 0 Å². The highest BCUT2D eigenvalue weighted by molar-refractivity contribution is 7.80. The van der Waals surface area contributed by atoms with Crippen molar-refractivity contribution in [3.05, 3.63) is 0 Å². The molecule has 0 radical (unpaired) electrons. The zero-order valence-corrected chi connectivity index (χ0v) is 9.10. The second-order valence-electron chi connectivity index (χ2n) is 2.63. The molecule has 6 heteroatoms. The molecule has 0 rings (SSSR count). The topological polar surface area (TPSA) is 72.6 Å². The molecule has 0 unspecified atom stereocenters. The van der Waals surface area contributed by atoms with Gasteiger partial charge in [0.15, 0.2) is 0 Å². The number of nitrogens with two attached hydrogens (primary N) is 1. The monoisotopic (exact) mass is 218 g/mol. The van der Waals surface area contributed by atoms with Gasteiger partial charge < -0.3 is 15.4 Å². The number of esters is 1. The van der Waals surface area contributed by atoms with Crippen LogP contribution in [-0.4, -0.2) is 42.0 Å². The molecule has 0 aromatic carbocycles. The first-order valence-electron chi connectivity index (χ1n) is 4.14. The summed E-state index contributed by atoms with van der Waals surface area (Å²) in [4.78, 5) is 23.7. The molecule has 0 aliphatic carbocycles. The Hall–Kier alpha value is -1.17. The summed E-state index contributed by atoms with van der Waals surface area (Å²) in [6.07, 6.45) is -0.0137. The molecule has 0 saturated heterocycles. The number of hydrogen-bond acceptors (Lipinski definition) is 4. The van der Waals surface area contributed by atoms with Crippen LogP contribution in [0.5, 0.6) is 0 Å². The van der Waals surface area contributed by atoms with Crippen LogP contribution in [0, 0.1) is 0 Å². The summed E-state index contributed by atoms with van der Waals surface area (Å²) in [5.41, 5.74) is 5.22. The number of methoxy groups -OCH3 is 1. The number of hydrogen-bond donors (Lipinski definition) is 1. The molecule has 0 fully saturated rings. The summed E-state index contributed by atoms with van der Waals surface area (Å²) in [7, 11) is 1.27. The summed E-state index contributed by atoms with van der Waals surface area (Å²) in [5, 5.41) is 0. The fraction of sp³-hybridized carbons (Fsp3) is 0.625. The van der Waals surface area contributed by atoms with Gasteiger partial charge >= 0.3 is 5.97 Å². The molecule has 0 heterocycles. The molecule has 0 aliphatic rings. The number of rotatable bonds is 5. The van der Waals surface area contributed by atoms with Gasteiger partial charge in [0.1, 0.15) is 6.54 Å². The van der Waals surface area contributed by atoms with E-state index in [1.807, 2.05) is 0 Å². The van der Waals surface area contributed by atoms with E-state index in [1.165, 1.54) is 12.0 Å². The maximum atomic E-state index is 11.4. The number of thiocarbonyl (C=S) groups is 1. The van der Waals surface area contributed by atoms with Crippen LogP contribution in [0.3, 0.4) is 0 Å². The molecule has 0 spiro atoms. The molecule has 0 aromatic rings. The van der Waals surface area contributed by atoms with E-state index >= 15 is 0 Å². The number of ether oxygens (including phenoxy) is 1. The van der Waals surface area contributed by atoms with Crippen molar-refractivity contribution >= 4 is 29.1 Å². The molecule has 80 valence electrons. The van der Waals surface area contributed by atoms with Crippen LogP contribution in [0.25, 0.3) is 0 Å². The second-order valence-corrected chi connectivity index (χ2v) is 3.15. The van der Waals surface area contributed by atoms with Crippen LogP contribution in [0.2, 0.25) is 0 Å². The molecule has 0 aliphatic heterocycles. The van der Waals surface area contributed by atoms with Gasteiger partial charge in [0.05, 0.1) is 18.5 Å². The van der Waals surface area contributed by atoms with Crippen molar-refractivity contribution in [2.24, 2.45) is 5.73 Å². The number of nitrogens with zero attached hydrogens (tertiary/aromatic N) is 1. The lowest BCUT2D eigenvalue weighted by Gasteiger charge is -2.18. The lowest BCUT2D eigenvalue weighted by Crippen LogP contribution is -2.37. The van der Waals surface area contributed by atoms with Crippen molar-refractivity contribution in [3.8, 4) is 0 Å². The molecule has 1 amide bonds. The minimum atomic E-state index is -0.455. The number of amides is 1. The Morgan fingerprint density at radius 2 is 2.07 bits per heavy atom. The number of carbonyl (C=O) groups excluding carboxylic acids is 2. The Bertz CT molecular complexity index is 243. The van der Waals surface area contributed by atoms with Gasteiger partial charge in [-0.15, -0.1) is 0 Å². The summed E-state index contributed by atoms with van der Waals surface area (Å²) < 4.78 is 4.44. The fourth-order valence-electron chi connectivity index (χ4n) is 0.858. The van der Waals surface area contributed by atoms with Gasteiger partial charge in [-0.3, -0.25) is 9.59 Å². The van der Waals surface area contributed by atoms with Gasteiger partial charge in [0, 0.05) is 6.54 Å². The predicted octanol–water partition coefficient (Wildman–Crippen LogP) is -0.316. The lowest BCUT2D eigenvalue weighted by molar-refractivity contribution is -0.146. The third kappa shape index (κ3) is 4.76. The third-order valence-corrected chi connectivity index (χ3v) is 1.75. The first-order chi connectivity index (χ1) is 6.51. The van der Waals surface area contributed by atoms with E-state index < -0.39 is 5.97 Å². The van der Waals surface area contributed by atoms with Gasteiger partial charge in [-0.05, 0) is 6.92 Å². The van der Waals surface area contributed by atoms with Crippen LogP contribution < -0.4 is 5.73 Å². The van der Waals surface area contributed by atoms with Crippen molar-refractivity contribution in [1.82, 2.24) is 4.90 Å². The Labute approximate surface area is 88.2 Å². The summed E-state index contributed by atoms with van der Waals surface area (Å²) in [6.45, 7) is 2.13. The number of carbonyl (C=O) groups is 2. The predicted molar refractivity (Wildman–Crippen MR) is 55.7 cm³/mol. The standard InChI is InChI=1S/C8H14N2O3S/c1-3-10(5-8(12)13-2)7(11)4-6(9)14/h3-5H2,1-2H3,(H2,9,14). The maximum absolute atomic E-state index is 11.4. The van der Waals surface area contributed by atoms with Gasteiger partial charge in [-0.2, -0.15) is 0 Å². The van der Waals surface area contributed by atoms with E-state index in [-0.39, 0.29) is 23.9 Å². The third-order valence-electron chi connectivity index (χ3n) is 1.61. The van der Waals surface area contributed by atoms with Gasteiger partial charge in [0.25, 0.3) is 0 Å². The molecular weight excluding hydrogens is 204 g/mol. The zero-order valence-electron chi connectivity index (χ0n) is 8.28. The Kier molecular flexibility index (Phi) is 5.78. The highest BCUT2D eigenvalue weighted by Gasteiger charge is 2.15. The van der Waals surface area contributed by atoms with E-state index in [0.29, 0.717) is 6.54 Å². The summed E-state index contributed by atoms with van der Waals surface area (Å²) >= 11 is 4.60. The minimum Gasteiger partial charge on any atom is -0.468 e. The molecule has 14 heavy (non-hydrogen) atoms. The molecule has 0 aromatic heterocycles. The molecular formula is C8H14N2O3S. The van der Waals surface area contributed by atoms with E-state index in [0.717, 1.165) is 0 Å². The Morgan fingerprint density at radius 3 is 2.43 bits per heavy atom. The highest BCUT2D eigenvalue weighted by atomic mass is 32.1. The normalized spacial score (nSPS) is 9.29. The van der Waals surface area contributed by atoms with Crippen LogP contribution in [0.1, 0.15) is 13.3 Å². The van der Waals surface area contributed by atoms with Crippen molar-refractivity contribution in [2.45, 2.75) is 13.3 Å². The average molecular weight is 218 g/mol. The SMILES string of the molecule is CCN(CC(=O)OC)C(=O)CC(N)=S. The maximum Gasteiger partial charge on any atom is 0.325 e.